The topological polar surface area (TPSA) is 89.5 Å². The van der Waals surface area contributed by atoms with Gasteiger partial charge in [0, 0.05) is 12.0 Å². The molecule has 0 spiro atoms. The van der Waals surface area contributed by atoms with E-state index in [1.54, 1.807) is 17.5 Å². The third kappa shape index (κ3) is 5.92. The molecule has 1 N–H and O–H groups in total. The largest absolute Gasteiger partial charge is 0.456 e. The molecule has 0 unspecified atom stereocenters. The summed E-state index contributed by atoms with van der Waals surface area (Å²) in [6.07, 6.45) is -0.345. The molecule has 2 rings (SSSR count). The Balaban J connectivity index is 1.69. The predicted octanol–water partition coefficient (Wildman–Crippen LogP) is 2.35. The van der Waals surface area contributed by atoms with Gasteiger partial charge in [-0.05, 0) is 35.7 Å². The number of nitrogens with one attached hydrogen (secondary N) is 1. The van der Waals surface area contributed by atoms with E-state index in [4.69, 9.17) is 4.74 Å². The Morgan fingerprint density at radius 2 is 1.76 bits per heavy atom. The summed E-state index contributed by atoms with van der Waals surface area (Å²) in [6, 6.07) is 8.18. The highest BCUT2D eigenvalue weighted by Gasteiger charge is 2.14. The van der Waals surface area contributed by atoms with Crippen molar-refractivity contribution in [1.82, 2.24) is 5.32 Å². The number of thiophene rings is 1. The number of ether oxygens (including phenoxy) is 1. The van der Waals surface area contributed by atoms with E-state index in [2.05, 4.69) is 5.32 Å². The first-order valence-electron chi connectivity index (χ1n) is 7.28. The number of hydrogen-bond acceptors (Lipinski definition) is 6. The maximum Gasteiger partial charge on any atom is 0.306 e. The fourth-order valence-corrected chi connectivity index (χ4v) is 2.46. The van der Waals surface area contributed by atoms with Crippen molar-refractivity contribution in [3.8, 4) is 0 Å². The summed E-state index contributed by atoms with van der Waals surface area (Å²) in [5.41, 5.74) is 0.286. The van der Waals surface area contributed by atoms with Crippen LogP contribution in [0.25, 0.3) is 0 Å². The van der Waals surface area contributed by atoms with Crippen LogP contribution in [0.1, 0.15) is 32.9 Å². The van der Waals surface area contributed by atoms with Gasteiger partial charge < -0.3 is 4.74 Å². The van der Waals surface area contributed by atoms with E-state index in [1.165, 1.54) is 23.5 Å². The van der Waals surface area contributed by atoms with E-state index in [-0.39, 0.29) is 24.2 Å². The number of rotatable bonds is 7. The van der Waals surface area contributed by atoms with Crippen LogP contribution in [-0.4, -0.2) is 30.2 Å². The van der Waals surface area contributed by atoms with Gasteiger partial charge in [-0.2, -0.15) is 0 Å². The van der Waals surface area contributed by atoms with Crippen LogP contribution in [-0.2, 0) is 14.3 Å². The van der Waals surface area contributed by atoms with E-state index in [0.717, 1.165) is 12.1 Å². The summed E-state index contributed by atoms with van der Waals surface area (Å²) in [5, 5.41) is 3.78. The summed E-state index contributed by atoms with van der Waals surface area (Å²) >= 11 is 1.17. The smallest absolute Gasteiger partial charge is 0.306 e. The molecule has 0 aliphatic rings. The third-order valence-electron chi connectivity index (χ3n) is 3.08. The molecule has 2 amide bonds. The normalized spacial score (nSPS) is 10.1. The van der Waals surface area contributed by atoms with Gasteiger partial charge in [0.05, 0.1) is 11.3 Å². The zero-order valence-corrected chi connectivity index (χ0v) is 13.8. The Labute approximate surface area is 146 Å². The van der Waals surface area contributed by atoms with Crippen molar-refractivity contribution in [2.45, 2.75) is 12.8 Å². The van der Waals surface area contributed by atoms with E-state index in [1.807, 2.05) is 0 Å². The molecule has 0 aliphatic heterocycles. The molecule has 0 saturated heterocycles. The number of hydrogen-bond donors (Lipinski definition) is 1. The van der Waals surface area contributed by atoms with E-state index < -0.39 is 30.2 Å². The van der Waals surface area contributed by atoms with E-state index >= 15 is 0 Å². The zero-order chi connectivity index (χ0) is 18.2. The monoisotopic (exact) mass is 363 g/mol. The second-order valence-electron chi connectivity index (χ2n) is 4.95. The average Bonchev–Trinajstić information content (AvgIpc) is 3.13. The third-order valence-corrected chi connectivity index (χ3v) is 3.95. The van der Waals surface area contributed by atoms with Gasteiger partial charge in [-0.3, -0.25) is 24.5 Å². The van der Waals surface area contributed by atoms with Crippen LogP contribution in [0.15, 0.2) is 41.8 Å². The van der Waals surface area contributed by atoms with Gasteiger partial charge in [-0.1, -0.05) is 6.07 Å². The predicted molar refractivity (Wildman–Crippen MR) is 87.7 cm³/mol. The van der Waals surface area contributed by atoms with Crippen LogP contribution in [0.3, 0.4) is 0 Å². The summed E-state index contributed by atoms with van der Waals surface area (Å²) in [5.74, 6) is -2.86. The molecule has 25 heavy (non-hydrogen) atoms. The molecule has 130 valence electrons. The quantitative estimate of drug-likeness (QED) is 0.602. The number of imide groups is 1. The molecule has 0 atom stereocenters. The summed E-state index contributed by atoms with van der Waals surface area (Å²) in [6.45, 7) is -0.610. The fourth-order valence-electron chi connectivity index (χ4n) is 1.85. The standard InChI is InChI=1S/C17H14FNO5S/c18-12-5-3-11(4-6-12)13(20)7-8-16(22)24-10-15(21)19-17(23)14-2-1-9-25-14/h1-6,9H,7-8,10H2,(H,19,21,23). The number of ketones is 1. The van der Waals surface area contributed by atoms with Crippen molar-refractivity contribution in [2.24, 2.45) is 0 Å². The number of esters is 1. The maximum absolute atomic E-state index is 12.8. The van der Waals surface area contributed by atoms with E-state index in [0.29, 0.717) is 4.88 Å². The summed E-state index contributed by atoms with van der Waals surface area (Å²) < 4.78 is 17.5. The average molecular weight is 363 g/mol. The highest BCUT2D eigenvalue weighted by Crippen LogP contribution is 2.09. The van der Waals surface area contributed by atoms with Crippen LogP contribution in [0.2, 0.25) is 0 Å². The van der Waals surface area contributed by atoms with Gasteiger partial charge >= 0.3 is 5.97 Å². The lowest BCUT2D eigenvalue weighted by Crippen LogP contribution is -2.33. The molecule has 0 saturated carbocycles. The van der Waals surface area contributed by atoms with Crippen LogP contribution in [0.5, 0.6) is 0 Å². The molecule has 8 heteroatoms. The molecule has 1 aromatic heterocycles. The molecule has 0 fully saturated rings. The number of Topliss-reactive ketones (excluding diaryl/α,β-unsaturated/α-hetero) is 1. The maximum atomic E-state index is 12.8. The van der Waals surface area contributed by atoms with Gasteiger partial charge in [-0.15, -0.1) is 11.3 Å². The highest BCUT2D eigenvalue weighted by atomic mass is 32.1. The van der Waals surface area contributed by atoms with Crippen molar-refractivity contribution in [1.29, 1.82) is 0 Å². The summed E-state index contributed by atoms with van der Waals surface area (Å²) in [4.78, 5) is 46.9. The molecular weight excluding hydrogens is 349 g/mol. The van der Waals surface area contributed by atoms with Gasteiger partial charge in [0.25, 0.3) is 11.8 Å². The van der Waals surface area contributed by atoms with Crippen molar-refractivity contribution in [3.05, 3.63) is 58.0 Å². The number of carbonyl (C=O) groups excluding carboxylic acids is 4. The van der Waals surface area contributed by atoms with Gasteiger partial charge in [0.2, 0.25) is 0 Å². The first-order valence-corrected chi connectivity index (χ1v) is 8.16. The molecule has 0 bridgehead atoms. The van der Waals surface area contributed by atoms with Gasteiger partial charge in [0.1, 0.15) is 5.82 Å². The number of amides is 2. The fraction of sp³-hybridized carbons (Fsp3) is 0.176. The number of benzene rings is 1. The Morgan fingerprint density at radius 3 is 2.40 bits per heavy atom. The van der Waals surface area contributed by atoms with Gasteiger partial charge in [0.15, 0.2) is 12.4 Å². The number of halogens is 1. The van der Waals surface area contributed by atoms with Crippen molar-refractivity contribution >= 4 is 34.9 Å². The van der Waals surface area contributed by atoms with Crippen LogP contribution >= 0.6 is 11.3 Å². The lowest BCUT2D eigenvalue weighted by molar-refractivity contribution is -0.148. The second kappa shape index (κ2) is 8.84. The molecular formula is C17H14FNO5S. The minimum Gasteiger partial charge on any atom is -0.456 e. The summed E-state index contributed by atoms with van der Waals surface area (Å²) in [7, 11) is 0. The second-order valence-corrected chi connectivity index (χ2v) is 5.89. The SMILES string of the molecule is O=C(COC(=O)CCC(=O)c1ccc(F)cc1)NC(=O)c1cccs1. The van der Waals surface area contributed by atoms with E-state index in [9.17, 15) is 23.6 Å². The Bertz CT molecular complexity index is 771. The minimum absolute atomic E-state index is 0.125. The van der Waals surface area contributed by atoms with Crippen molar-refractivity contribution in [2.75, 3.05) is 6.61 Å². The van der Waals surface area contributed by atoms with Crippen molar-refractivity contribution in [3.63, 3.8) is 0 Å². The lowest BCUT2D eigenvalue weighted by Gasteiger charge is -2.05. The molecule has 1 heterocycles. The Hall–Kier alpha value is -2.87. The zero-order valence-electron chi connectivity index (χ0n) is 13.0. The molecule has 6 nitrogen and oxygen atoms in total. The first-order chi connectivity index (χ1) is 12.0. The Morgan fingerprint density at radius 1 is 1.04 bits per heavy atom. The first kappa shape index (κ1) is 18.5. The van der Waals surface area contributed by atoms with Gasteiger partial charge in [-0.25, -0.2) is 4.39 Å². The van der Waals surface area contributed by atoms with Crippen molar-refractivity contribution < 1.29 is 28.3 Å². The minimum atomic E-state index is -0.753. The molecule has 2 aromatic rings. The molecule has 0 radical (unpaired) electrons. The Kier molecular flexibility index (Phi) is 6.53. The van der Waals surface area contributed by atoms with Crippen LogP contribution < -0.4 is 5.32 Å². The lowest BCUT2D eigenvalue weighted by atomic mass is 10.1. The molecule has 1 aromatic carbocycles. The van der Waals surface area contributed by atoms with Crippen LogP contribution in [0.4, 0.5) is 4.39 Å². The van der Waals surface area contributed by atoms with Crippen LogP contribution in [0, 0.1) is 5.82 Å². The number of carbonyl (C=O) groups is 4. The highest BCUT2D eigenvalue weighted by molar-refractivity contribution is 7.12. The molecule has 0 aliphatic carbocycles.